The molecule has 2 unspecified atom stereocenters. The number of rotatable bonds is 5. The van der Waals surface area contributed by atoms with Crippen LogP contribution in [0.1, 0.15) is 25.3 Å². The lowest BCUT2D eigenvalue weighted by molar-refractivity contribution is 0.278. The van der Waals surface area contributed by atoms with E-state index in [1.807, 2.05) is 0 Å². The largest absolute Gasteiger partial charge is 0.392 e. The van der Waals surface area contributed by atoms with Gasteiger partial charge in [0.05, 0.1) is 11.5 Å². The normalized spacial score (nSPS) is 23.6. The Labute approximate surface area is 102 Å². The van der Waals surface area contributed by atoms with Crippen LogP contribution in [0.4, 0.5) is 0 Å². The molecule has 2 rings (SSSR count). The van der Waals surface area contributed by atoms with Crippen molar-refractivity contribution in [3.05, 3.63) is 29.8 Å². The Morgan fingerprint density at radius 3 is 2.71 bits per heavy atom. The van der Waals surface area contributed by atoms with E-state index in [-0.39, 0.29) is 17.5 Å². The predicted molar refractivity (Wildman–Crippen MR) is 64.9 cm³/mol. The summed E-state index contributed by atoms with van der Waals surface area (Å²) in [5, 5.41) is 9.14. The van der Waals surface area contributed by atoms with Crippen molar-refractivity contribution in [3.63, 3.8) is 0 Å². The summed E-state index contributed by atoms with van der Waals surface area (Å²) in [7, 11) is -3.49. The van der Waals surface area contributed by atoms with E-state index in [1.165, 1.54) is 6.07 Å². The molecule has 0 heterocycles. The summed E-state index contributed by atoms with van der Waals surface area (Å²) in [4.78, 5) is 0.184. The van der Waals surface area contributed by atoms with E-state index < -0.39 is 10.0 Å². The van der Waals surface area contributed by atoms with Gasteiger partial charge in [-0.1, -0.05) is 31.5 Å². The number of hydrogen-bond acceptors (Lipinski definition) is 3. The first kappa shape index (κ1) is 12.5. The van der Waals surface area contributed by atoms with E-state index in [0.29, 0.717) is 11.5 Å². The van der Waals surface area contributed by atoms with E-state index in [9.17, 15) is 8.42 Å². The summed E-state index contributed by atoms with van der Waals surface area (Å²) in [5.74, 6) is 0.464. The van der Waals surface area contributed by atoms with Crippen LogP contribution in [-0.4, -0.2) is 19.6 Å². The number of sulfonamides is 1. The molecule has 5 heteroatoms. The summed E-state index contributed by atoms with van der Waals surface area (Å²) in [6.07, 6.45) is 1.91. The fourth-order valence-corrected chi connectivity index (χ4v) is 3.55. The second kappa shape index (κ2) is 4.76. The van der Waals surface area contributed by atoms with E-state index in [0.717, 1.165) is 12.8 Å². The minimum atomic E-state index is -3.49. The summed E-state index contributed by atoms with van der Waals surface area (Å²) in [5.41, 5.74) is 0.439. The van der Waals surface area contributed by atoms with Gasteiger partial charge in [0.25, 0.3) is 0 Å². The minimum Gasteiger partial charge on any atom is -0.392 e. The van der Waals surface area contributed by atoms with Gasteiger partial charge in [0.1, 0.15) is 0 Å². The smallest absolute Gasteiger partial charge is 0.241 e. The van der Waals surface area contributed by atoms with Crippen molar-refractivity contribution < 1.29 is 13.5 Å². The molecular weight excluding hydrogens is 238 g/mol. The molecule has 4 nitrogen and oxygen atoms in total. The molecule has 0 amide bonds. The van der Waals surface area contributed by atoms with Gasteiger partial charge >= 0.3 is 0 Å². The Bertz CT molecular complexity index is 498. The van der Waals surface area contributed by atoms with Crippen LogP contribution in [0, 0.1) is 5.92 Å². The average molecular weight is 255 g/mol. The molecule has 2 N–H and O–H groups in total. The third-order valence-corrected chi connectivity index (χ3v) is 4.78. The molecule has 0 radical (unpaired) electrons. The molecule has 17 heavy (non-hydrogen) atoms. The van der Waals surface area contributed by atoms with Gasteiger partial charge in [-0.15, -0.1) is 0 Å². The van der Waals surface area contributed by atoms with Crippen LogP contribution >= 0.6 is 0 Å². The Kier molecular flexibility index (Phi) is 3.51. The molecule has 0 aliphatic heterocycles. The lowest BCUT2D eigenvalue weighted by Gasteiger charge is -2.09. The van der Waals surface area contributed by atoms with Crippen molar-refractivity contribution in [3.8, 4) is 0 Å². The Hall–Kier alpha value is -0.910. The number of benzene rings is 1. The van der Waals surface area contributed by atoms with Gasteiger partial charge < -0.3 is 5.11 Å². The second-order valence-electron chi connectivity index (χ2n) is 4.40. The molecule has 0 bridgehead atoms. The minimum absolute atomic E-state index is 0.0664. The van der Waals surface area contributed by atoms with Crippen molar-refractivity contribution in [1.82, 2.24) is 4.72 Å². The van der Waals surface area contributed by atoms with Crippen LogP contribution in [-0.2, 0) is 16.6 Å². The lowest BCUT2D eigenvalue weighted by Crippen LogP contribution is -2.27. The maximum atomic E-state index is 12.1. The second-order valence-corrected chi connectivity index (χ2v) is 6.08. The first-order chi connectivity index (χ1) is 8.08. The molecule has 1 aromatic carbocycles. The molecule has 0 saturated heterocycles. The van der Waals surface area contributed by atoms with Gasteiger partial charge in [-0.3, -0.25) is 0 Å². The monoisotopic (exact) mass is 255 g/mol. The van der Waals surface area contributed by atoms with Crippen LogP contribution in [0.15, 0.2) is 29.2 Å². The predicted octanol–water partition coefficient (Wildman–Crippen LogP) is 1.26. The van der Waals surface area contributed by atoms with Crippen LogP contribution in [0.2, 0.25) is 0 Å². The van der Waals surface area contributed by atoms with Gasteiger partial charge in [0.2, 0.25) is 10.0 Å². The first-order valence-electron chi connectivity index (χ1n) is 5.79. The number of hydrogen-bond donors (Lipinski definition) is 2. The maximum Gasteiger partial charge on any atom is 0.241 e. The molecule has 0 spiro atoms. The first-order valence-corrected chi connectivity index (χ1v) is 7.28. The molecule has 1 aliphatic carbocycles. The molecule has 1 saturated carbocycles. The summed E-state index contributed by atoms with van der Waals surface area (Å²) in [6.45, 7) is 1.79. The SMILES string of the molecule is CCC1CC1NS(=O)(=O)c1ccccc1CO. The van der Waals surface area contributed by atoms with E-state index in [4.69, 9.17) is 5.11 Å². The van der Waals surface area contributed by atoms with Crippen LogP contribution in [0.5, 0.6) is 0 Å². The average Bonchev–Trinajstić information content (AvgIpc) is 3.06. The molecule has 94 valence electrons. The fraction of sp³-hybridized carbons (Fsp3) is 0.500. The Balaban J connectivity index is 2.20. The summed E-state index contributed by atoms with van der Waals surface area (Å²) < 4.78 is 26.9. The highest BCUT2D eigenvalue weighted by atomic mass is 32.2. The van der Waals surface area contributed by atoms with Gasteiger partial charge in [-0.05, 0) is 24.0 Å². The van der Waals surface area contributed by atoms with Crippen LogP contribution in [0.3, 0.4) is 0 Å². The van der Waals surface area contributed by atoms with E-state index in [1.54, 1.807) is 18.2 Å². The highest BCUT2D eigenvalue weighted by Gasteiger charge is 2.38. The van der Waals surface area contributed by atoms with E-state index >= 15 is 0 Å². The van der Waals surface area contributed by atoms with Gasteiger partial charge in [0, 0.05) is 6.04 Å². The molecular formula is C12H17NO3S. The lowest BCUT2D eigenvalue weighted by atomic mass is 10.2. The zero-order valence-corrected chi connectivity index (χ0v) is 10.6. The highest BCUT2D eigenvalue weighted by Crippen LogP contribution is 2.34. The number of nitrogens with one attached hydrogen (secondary N) is 1. The molecule has 1 aliphatic rings. The molecule has 1 aromatic rings. The third kappa shape index (κ3) is 2.68. The van der Waals surface area contributed by atoms with Crippen LogP contribution in [0.25, 0.3) is 0 Å². The third-order valence-electron chi connectivity index (χ3n) is 3.19. The molecule has 1 fully saturated rings. The summed E-state index contributed by atoms with van der Waals surface area (Å²) in [6, 6.07) is 6.60. The zero-order chi connectivity index (χ0) is 12.5. The molecule has 0 aromatic heterocycles. The Morgan fingerprint density at radius 2 is 2.12 bits per heavy atom. The quantitative estimate of drug-likeness (QED) is 0.832. The van der Waals surface area contributed by atoms with Gasteiger partial charge in [-0.2, -0.15) is 0 Å². The van der Waals surface area contributed by atoms with Gasteiger partial charge in [-0.25, -0.2) is 13.1 Å². The topological polar surface area (TPSA) is 66.4 Å². The standard InChI is InChI=1S/C12H17NO3S/c1-2-9-7-11(9)13-17(15,16)12-6-4-3-5-10(12)8-14/h3-6,9,11,13-14H,2,7-8H2,1H3. The van der Waals surface area contributed by atoms with Crippen molar-refractivity contribution in [1.29, 1.82) is 0 Å². The van der Waals surface area contributed by atoms with Crippen molar-refractivity contribution in [2.45, 2.75) is 37.3 Å². The number of aliphatic hydroxyl groups is 1. The zero-order valence-electron chi connectivity index (χ0n) is 9.76. The van der Waals surface area contributed by atoms with Crippen molar-refractivity contribution in [2.75, 3.05) is 0 Å². The Morgan fingerprint density at radius 1 is 1.41 bits per heavy atom. The van der Waals surface area contributed by atoms with Crippen molar-refractivity contribution >= 4 is 10.0 Å². The van der Waals surface area contributed by atoms with E-state index in [2.05, 4.69) is 11.6 Å². The highest BCUT2D eigenvalue weighted by molar-refractivity contribution is 7.89. The number of aliphatic hydroxyl groups excluding tert-OH is 1. The summed E-state index contributed by atoms with van der Waals surface area (Å²) >= 11 is 0. The maximum absolute atomic E-state index is 12.1. The van der Waals surface area contributed by atoms with Gasteiger partial charge in [0.15, 0.2) is 0 Å². The fourth-order valence-electron chi connectivity index (χ4n) is 2.00. The molecule has 2 atom stereocenters. The van der Waals surface area contributed by atoms with Crippen molar-refractivity contribution in [2.24, 2.45) is 5.92 Å². The van der Waals surface area contributed by atoms with Crippen LogP contribution < -0.4 is 4.72 Å².